The SMILES string of the molecule is C[C@H]1CCc2c(ccc(Br)c2Oc2ccc(F)c(F)c2)N1CC=O. The number of hydrogen-bond acceptors (Lipinski definition) is 3. The van der Waals surface area contributed by atoms with Gasteiger partial charge in [-0.15, -0.1) is 0 Å². The van der Waals surface area contributed by atoms with Gasteiger partial charge < -0.3 is 14.4 Å². The number of rotatable bonds is 4. The molecule has 0 unspecified atom stereocenters. The molecule has 0 saturated heterocycles. The molecule has 0 aromatic heterocycles. The van der Waals surface area contributed by atoms with E-state index in [1.165, 1.54) is 6.07 Å². The number of benzene rings is 2. The van der Waals surface area contributed by atoms with Crippen molar-refractivity contribution in [3.63, 3.8) is 0 Å². The van der Waals surface area contributed by atoms with Gasteiger partial charge in [-0.3, -0.25) is 0 Å². The largest absolute Gasteiger partial charge is 0.456 e. The maximum absolute atomic E-state index is 13.4. The van der Waals surface area contributed by atoms with E-state index < -0.39 is 11.6 Å². The summed E-state index contributed by atoms with van der Waals surface area (Å²) in [7, 11) is 0. The van der Waals surface area contributed by atoms with Gasteiger partial charge >= 0.3 is 0 Å². The Kier molecular flexibility index (Phi) is 4.85. The van der Waals surface area contributed by atoms with Crippen molar-refractivity contribution in [2.24, 2.45) is 0 Å². The van der Waals surface area contributed by atoms with Gasteiger partial charge in [-0.2, -0.15) is 0 Å². The molecular formula is C18H16BrF2NO2. The van der Waals surface area contributed by atoms with Crippen LogP contribution >= 0.6 is 15.9 Å². The molecule has 0 fully saturated rings. The lowest BCUT2D eigenvalue weighted by Gasteiger charge is -2.36. The Morgan fingerprint density at radius 3 is 2.79 bits per heavy atom. The number of aldehydes is 1. The molecule has 126 valence electrons. The first kappa shape index (κ1) is 16.9. The van der Waals surface area contributed by atoms with Crippen LogP contribution in [0.25, 0.3) is 0 Å². The highest BCUT2D eigenvalue weighted by molar-refractivity contribution is 9.10. The first-order chi connectivity index (χ1) is 11.5. The quantitative estimate of drug-likeness (QED) is 0.692. The third kappa shape index (κ3) is 3.15. The van der Waals surface area contributed by atoms with E-state index in [0.29, 0.717) is 12.3 Å². The van der Waals surface area contributed by atoms with Crippen molar-refractivity contribution in [1.29, 1.82) is 0 Å². The smallest absolute Gasteiger partial charge is 0.162 e. The Balaban J connectivity index is 2.02. The summed E-state index contributed by atoms with van der Waals surface area (Å²) in [6.07, 6.45) is 2.54. The van der Waals surface area contributed by atoms with E-state index in [4.69, 9.17) is 4.74 Å². The lowest BCUT2D eigenvalue weighted by Crippen LogP contribution is -2.38. The fraction of sp³-hybridized carbons (Fsp3) is 0.278. The Labute approximate surface area is 147 Å². The van der Waals surface area contributed by atoms with Gasteiger partial charge in [0.15, 0.2) is 11.6 Å². The average Bonchev–Trinajstić information content (AvgIpc) is 2.56. The second-order valence-corrected chi connectivity index (χ2v) is 6.61. The second kappa shape index (κ2) is 6.89. The number of anilines is 1. The van der Waals surface area contributed by atoms with E-state index in [2.05, 4.69) is 22.9 Å². The Hall–Kier alpha value is -1.95. The first-order valence-electron chi connectivity index (χ1n) is 7.66. The van der Waals surface area contributed by atoms with Crippen LogP contribution in [-0.2, 0) is 11.2 Å². The zero-order chi connectivity index (χ0) is 17.3. The van der Waals surface area contributed by atoms with Crippen LogP contribution in [0.2, 0.25) is 0 Å². The van der Waals surface area contributed by atoms with E-state index in [1.54, 1.807) is 0 Å². The molecule has 0 spiro atoms. The highest BCUT2D eigenvalue weighted by atomic mass is 79.9. The normalized spacial score (nSPS) is 16.7. The maximum atomic E-state index is 13.4. The van der Waals surface area contributed by atoms with Gasteiger partial charge in [0.2, 0.25) is 0 Å². The van der Waals surface area contributed by atoms with Gasteiger partial charge in [0, 0.05) is 23.4 Å². The number of hydrogen-bond donors (Lipinski definition) is 0. The van der Waals surface area contributed by atoms with Crippen LogP contribution in [0.15, 0.2) is 34.8 Å². The van der Waals surface area contributed by atoms with Crippen LogP contribution in [0.4, 0.5) is 14.5 Å². The lowest BCUT2D eigenvalue weighted by atomic mass is 9.96. The number of carbonyl (C=O) groups is 1. The molecule has 6 heteroatoms. The van der Waals surface area contributed by atoms with Crippen LogP contribution in [-0.4, -0.2) is 18.9 Å². The van der Waals surface area contributed by atoms with Crippen LogP contribution < -0.4 is 9.64 Å². The maximum Gasteiger partial charge on any atom is 0.162 e. The topological polar surface area (TPSA) is 29.5 Å². The molecule has 2 aromatic rings. The van der Waals surface area contributed by atoms with Crippen LogP contribution in [0.5, 0.6) is 11.5 Å². The molecule has 0 bridgehead atoms. The van der Waals surface area contributed by atoms with Gasteiger partial charge in [-0.05, 0) is 60.0 Å². The van der Waals surface area contributed by atoms with Crippen molar-refractivity contribution in [1.82, 2.24) is 0 Å². The molecule has 24 heavy (non-hydrogen) atoms. The Morgan fingerprint density at radius 2 is 2.08 bits per heavy atom. The summed E-state index contributed by atoms with van der Waals surface area (Å²) in [5.41, 5.74) is 1.88. The molecular weight excluding hydrogens is 380 g/mol. The molecule has 0 N–H and O–H groups in total. The van der Waals surface area contributed by atoms with E-state index in [-0.39, 0.29) is 11.8 Å². The standard InChI is InChI=1S/C18H16BrF2NO2/c1-11-2-4-13-17(22(11)8-9-23)7-5-14(19)18(13)24-12-3-6-15(20)16(21)10-12/h3,5-7,9-11H,2,4,8H2,1H3/t11-/m0/s1. The van der Waals surface area contributed by atoms with Crippen LogP contribution in [0.1, 0.15) is 18.9 Å². The van der Waals surface area contributed by atoms with Gasteiger partial charge in [-0.25, -0.2) is 8.78 Å². The highest BCUT2D eigenvalue weighted by Crippen LogP contribution is 2.42. The molecule has 0 amide bonds. The monoisotopic (exact) mass is 395 g/mol. The van der Waals surface area contributed by atoms with Gasteiger partial charge in [0.1, 0.15) is 17.8 Å². The Morgan fingerprint density at radius 1 is 1.29 bits per heavy atom. The van der Waals surface area contributed by atoms with Gasteiger partial charge in [0.25, 0.3) is 0 Å². The fourth-order valence-corrected chi connectivity index (χ4v) is 3.43. The van der Waals surface area contributed by atoms with E-state index in [0.717, 1.165) is 47.0 Å². The minimum absolute atomic E-state index is 0.226. The average molecular weight is 396 g/mol. The molecule has 0 aliphatic carbocycles. The number of halogens is 3. The van der Waals surface area contributed by atoms with E-state index in [9.17, 15) is 13.6 Å². The number of ether oxygens (including phenoxy) is 1. The van der Waals surface area contributed by atoms with Crippen molar-refractivity contribution < 1.29 is 18.3 Å². The van der Waals surface area contributed by atoms with Crippen molar-refractivity contribution >= 4 is 27.9 Å². The molecule has 1 aliphatic heterocycles. The van der Waals surface area contributed by atoms with Crippen molar-refractivity contribution in [3.8, 4) is 11.5 Å². The molecule has 1 atom stereocenters. The fourth-order valence-electron chi connectivity index (χ4n) is 2.97. The summed E-state index contributed by atoms with van der Waals surface area (Å²) in [4.78, 5) is 13.0. The summed E-state index contributed by atoms with van der Waals surface area (Å²) in [6.45, 7) is 2.38. The Bertz CT molecular complexity index is 782. The molecule has 2 aromatic carbocycles. The minimum atomic E-state index is -0.954. The summed E-state index contributed by atoms with van der Waals surface area (Å²) >= 11 is 3.46. The zero-order valence-corrected chi connectivity index (χ0v) is 14.6. The number of carbonyl (C=O) groups excluding carboxylic acids is 1. The van der Waals surface area contributed by atoms with Crippen molar-refractivity contribution in [3.05, 3.63) is 52.0 Å². The van der Waals surface area contributed by atoms with E-state index >= 15 is 0 Å². The molecule has 1 heterocycles. The second-order valence-electron chi connectivity index (χ2n) is 5.76. The number of fused-ring (bicyclic) bond motifs is 1. The van der Waals surface area contributed by atoms with Crippen LogP contribution in [0, 0.1) is 11.6 Å². The van der Waals surface area contributed by atoms with Crippen LogP contribution in [0.3, 0.4) is 0 Å². The predicted octanol–water partition coefficient (Wildman–Crippen LogP) is 4.86. The lowest BCUT2D eigenvalue weighted by molar-refractivity contribution is -0.106. The van der Waals surface area contributed by atoms with Crippen molar-refractivity contribution in [2.45, 2.75) is 25.8 Å². The first-order valence-corrected chi connectivity index (χ1v) is 8.45. The summed E-state index contributed by atoms with van der Waals surface area (Å²) in [5, 5.41) is 0. The van der Waals surface area contributed by atoms with E-state index in [1.807, 2.05) is 17.0 Å². The van der Waals surface area contributed by atoms with Crippen molar-refractivity contribution in [2.75, 3.05) is 11.4 Å². The molecule has 3 nitrogen and oxygen atoms in total. The highest BCUT2D eigenvalue weighted by Gasteiger charge is 2.26. The summed E-state index contributed by atoms with van der Waals surface area (Å²) < 4.78 is 33.1. The predicted molar refractivity (Wildman–Crippen MR) is 91.8 cm³/mol. The van der Waals surface area contributed by atoms with Gasteiger partial charge in [-0.1, -0.05) is 0 Å². The summed E-state index contributed by atoms with van der Waals surface area (Å²) in [5.74, 6) is -1.07. The van der Waals surface area contributed by atoms with Gasteiger partial charge in [0.05, 0.1) is 11.0 Å². The minimum Gasteiger partial charge on any atom is -0.456 e. The molecule has 0 radical (unpaired) electrons. The molecule has 1 aliphatic rings. The number of nitrogens with zero attached hydrogens (tertiary/aromatic N) is 1. The molecule has 0 saturated carbocycles. The molecule has 3 rings (SSSR count). The third-order valence-corrected chi connectivity index (χ3v) is 4.85. The summed E-state index contributed by atoms with van der Waals surface area (Å²) in [6, 6.07) is 7.48. The zero-order valence-electron chi connectivity index (χ0n) is 13.1. The third-order valence-electron chi connectivity index (χ3n) is 4.22.